The summed E-state index contributed by atoms with van der Waals surface area (Å²) in [6.07, 6.45) is 4.58. The van der Waals surface area contributed by atoms with Crippen molar-refractivity contribution in [3.63, 3.8) is 0 Å². The molecular formula is C14H22N4O2. The van der Waals surface area contributed by atoms with Crippen LogP contribution in [0.1, 0.15) is 37.5 Å². The molecule has 6 nitrogen and oxygen atoms in total. The molecule has 0 radical (unpaired) electrons. The smallest absolute Gasteiger partial charge is 0.230 e. The average molecular weight is 278 g/mol. The first-order valence-electron chi connectivity index (χ1n) is 7.50. The van der Waals surface area contributed by atoms with Gasteiger partial charge < -0.3 is 9.73 Å². The minimum Gasteiger partial charge on any atom is -0.424 e. The molecule has 2 aliphatic rings. The number of aromatic nitrogens is 2. The van der Waals surface area contributed by atoms with E-state index in [1.807, 2.05) is 0 Å². The van der Waals surface area contributed by atoms with Crippen LogP contribution in [0.5, 0.6) is 0 Å². The zero-order chi connectivity index (χ0) is 13.9. The number of carbonyl (C=O) groups excluding carboxylic acids is 1. The topological polar surface area (TPSA) is 71.3 Å². The maximum absolute atomic E-state index is 12.1. The zero-order valence-electron chi connectivity index (χ0n) is 12.0. The Morgan fingerprint density at radius 2 is 2.25 bits per heavy atom. The minimum atomic E-state index is 0.103. The van der Waals surface area contributed by atoms with Crippen molar-refractivity contribution in [2.24, 2.45) is 11.8 Å². The maximum atomic E-state index is 12.1. The van der Waals surface area contributed by atoms with Crippen molar-refractivity contribution in [3.8, 4) is 0 Å². The fraction of sp³-hybridized carbons (Fsp3) is 0.786. The molecule has 0 aromatic carbocycles. The normalized spacial score (nSPS) is 23.8. The quantitative estimate of drug-likeness (QED) is 0.874. The molecule has 1 saturated carbocycles. The highest BCUT2D eigenvalue weighted by atomic mass is 16.4. The summed E-state index contributed by atoms with van der Waals surface area (Å²) in [5, 5.41) is 10.9. The molecule has 0 spiro atoms. The first kappa shape index (κ1) is 13.5. The SMILES string of the molecule is Cc1nnc(CN2CCC[C@H](C(=O)NCC3CC3)C2)o1. The molecule has 1 saturated heterocycles. The summed E-state index contributed by atoms with van der Waals surface area (Å²) in [5.41, 5.74) is 0. The molecule has 2 heterocycles. The molecule has 1 N–H and O–H groups in total. The van der Waals surface area contributed by atoms with Gasteiger partial charge >= 0.3 is 0 Å². The summed E-state index contributed by atoms with van der Waals surface area (Å²) >= 11 is 0. The van der Waals surface area contributed by atoms with Crippen LogP contribution in [0.2, 0.25) is 0 Å². The average Bonchev–Trinajstić information content (AvgIpc) is 3.19. The van der Waals surface area contributed by atoms with Crippen molar-refractivity contribution in [2.45, 2.75) is 39.2 Å². The number of nitrogens with one attached hydrogen (secondary N) is 1. The minimum absolute atomic E-state index is 0.103. The van der Waals surface area contributed by atoms with Gasteiger partial charge in [-0.05, 0) is 38.1 Å². The Morgan fingerprint density at radius 1 is 1.40 bits per heavy atom. The summed E-state index contributed by atoms with van der Waals surface area (Å²) in [5.74, 6) is 2.28. The number of aryl methyl sites for hydroxylation is 1. The third-order valence-corrected chi connectivity index (χ3v) is 4.06. The highest BCUT2D eigenvalue weighted by Crippen LogP contribution is 2.28. The Morgan fingerprint density at radius 3 is 2.95 bits per heavy atom. The zero-order valence-corrected chi connectivity index (χ0v) is 12.0. The summed E-state index contributed by atoms with van der Waals surface area (Å²) in [7, 11) is 0. The molecule has 2 fully saturated rings. The van der Waals surface area contributed by atoms with E-state index < -0.39 is 0 Å². The predicted molar refractivity (Wildman–Crippen MR) is 72.8 cm³/mol. The number of rotatable bonds is 5. The molecule has 20 heavy (non-hydrogen) atoms. The van der Waals surface area contributed by atoms with E-state index in [1.165, 1.54) is 12.8 Å². The van der Waals surface area contributed by atoms with Crippen molar-refractivity contribution < 1.29 is 9.21 Å². The standard InChI is InChI=1S/C14H22N4O2/c1-10-16-17-13(20-10)9-18-6-2-3-12(8-18)14(19)15-7-11-4-5-11/h11-12H,2-9H2,1H3,(H,15,19)/t12-/m0/s1. The van der Waals surface area contributed by atoms with Gasteiger partial charge in [-0.2, -0.15) is 0 Å². The van der Waals surface area contributed by atoms with Crippen LogP contribution in [0, 0.1) is 18.8 Å². The third-order valence-electron chi connectivity index (χ3n) is 4.06. The van der Waals surface area contributed by atoms with E-state index in [4.69, 9.17) is 4.42 Å². The molecule has 1 aliphatic carbocycles. The lowest BCUT2D eigenvalue weighted by Crippen LogP contribution is -2.43. The van der Waals surface area contributed by atoms with Crippen molar-refractivity contribution in [3.05, 3.63) is 11.8 Å². The molecule has 0 unspecified atom stereocenters. The third kappa shape index (κ3) is 3.56. The van der Waals surface area contributed by atoms with Crippen LogP contribution in [0.25, 0.3) is 0 Å². The molecule has 110 valence electrons. The number of hydrogen-bond donors (Lipinski definition) is 1. The van der Waals surface area contributed by atoms with Crippen LogP contribution in [-0.4, -0.2) is 40.6 Å². The molecule has 1 aromatic heterocycles. The molecular weight excluding hydrogens is 256 g/mol. The molecule has 3 rings (SSSR count). The second-order valence-corrected chi connectivity index (χ2v) is 5.98. The summed E-state index contributed by atoms with van der Waals surface area (Å²) in [6, 6.07) is 0. The number of carbonyl (C=O) groups is 1. The first-order chi connectivity index (χ1) is 9.70. The molecule has 6 heteroatoms. The van der Waals surface area contributed by atoms with E-state index in [2.05, 4.69) is 20.4 Å². The van der Waals surface area contributed by atoms with Crippen LogP contribution >= 0.6 is 0 Å². The van der Waals surface area contributed by atoms with Crippen molar-refractivity contribution in [2.75, 3.05) is 19.6 Å². The number of nitrogens with zero attached hydrogens (tertiary/aromatic N) is 3. The lowest BCUT2D eigenvalue weighted by molar-refractivity contribution is -0.126. The van der Waals surface area contributed by atoms with Crippen LogP contribution < -0.4 is 5.32 Å². The van der Waals surface area contributed by atoms with Gasteiger partial charge in [0.1, 0.15) is 0 Å². The summed E-state index contributed by atoms with van der Waals surface area (Å²) < 4.78 is 5.40. The molecule has 1 amide bonds. The molecule has 1 aromatic rings. The van der Waals surface area contributed by atoms with Crippen molar-refractivity contribution >= 4 is 5.91 Å². The van der Waals surface area contributed by atoms with Gasteiger partial charge in [0, 0.05) is 20.0 Å². The van der Waals surface area contributed by atoms with Gasteiger partial charge in [-0.15, -0.1) is 10.2 Å². The number of likely N-dealkylation sites (tertiary alicyclic amines) is 1. The van der Waals surface area contributed by atoms with Crippen LogP contribution in [0.3, 0.4) is 0 Å². The Hall–Kier alpha value is -1.43. The van der Waals surface area contributed by atoms with Crippen LogP contribution in [-0.2, 0) is 11.3 Å². The fourth-order valence-electron chi connectivity index (χ4n) is 2.72. The summed E-state index contributed by atoms with van der Waals surface area (Å²) in [6.45, 7) is 5.08. The second kappa shape index (κ2) is 5.91. The Balaban J connectivity index is 1.48. The van der Waals surface area contributed by atoms with E-state index in [9.17, 15) is 4.79 Å². The largest absolute Gasteiger partial charge is 0.424 e. The lowest BCUT2D eigenvalue weighted by Gasteiger charge is -2.30. The molecule has 1 aliphatic heterocycles. The van der Waals surface area contributed by atoms with Gasteiger partial charge in [0.15, 0.2) is 0 Å². The van der Waals surface area contributed by atoms with E-state index in [0.29, 0.717) is 18.3 Å². The highest BCUT2D eigenvalue weighted by molar-refractivity contribution is 5.79. The van der Waals surface area contributed by atoms with E-state index in [1.54, 1.807) is 6.92 Å². The van der Waals surface area contributed by atoms with Crippen molar-refractivity contribution in [1.29, 1.82) is 0 Å². The lowest BCUT2D eigenvalue weighted by atomic mass is 9.97. The highest BCUT2D eigenvalue weighted by Gasteiger charge is 2.28. The van der Waals surface area contributed by atoms with E-state index in [0.717, 1.165) is 38.4 Å². The maximum Gasteiger partial charge on any atom is 0.230 e. The molecule has 1 atom stereocenters. The number of piperidine rings is 1. The monoisotopic (exact) mass is 278 g/mol. The van der Waals surface area contributed by atoms with Crippen molar-refractivity contribution in [1.82, 2.24) is 20.4 Å². The fourth-order valence-corrected chi connectivity index (χ4v) is 2.72. The van der Waals surface area contributed by atoms with Gasteiger partial charge in [0.05, 0.1) is 12.5 Å². The number of amides is 1. The Bertz CT molecular complexity index is 469. The van der Waals surface area contributed by atoms with Gasteiger partial charge in [-0.3, -0.25) is 9.69 Å². The van der Waals surface area contributed by atoms with E-state index >= 15 is 0 Å². The van der Waals surface area contributed by atoms with Gasteiger partial charge in [0.2, 0.25) is 17.7 Å². The summed E-state index contributed by atoms with van der Waals surface area (Å²) in [4.78, 5) is 14.4. The Kier molecular flexibility index (Phi) is 4.00. The van der Waals surface area contributed by atoms with Gasteiger partial charge in [0.25, 0.3) is 0 Å². The number of hydrogen-bond acceptors (Lipinski definition) is 5. The van der Waals surface area contributed by atoms with Gasteiger partial charge in [-0.25, -0.2) is 0 Å². The van der Waals surface area contributed by atoms with Crippen LogP contribution in [0.15, 0.2) is 4.42 Å². The second-order valence-electron chi connectivity index (χ2n) is 5.98. The molecule has 0 bridgehead atoms. The Labute approximate surface area is 118 Å². The first-order valence-corrected chi connectivity index (χ1v) is 7.50. The van der Waals surface area contributed by atoms with Gasteiger partial charge in [-0.1, -0.05) is 0 Å². The van der Waals surface area contributed by atoms with Crippen LogP contribution in [0.4, 0.5) is 0 Å². The predicted octanol–water partition coefficient (Wildman–Crippen LogP) is 1.12. The van der Waals surface area contributed by atoms with E-state index in [-0.39, 0.29) is 11.8 Å².